The molecular weight excluding hydrogens is 176 g/mol. The van der Waals surface area contributed by atoms with Gasteiger partial charge >= 0.3 is 0 Å². The van der Waals surface area contributed by atoms with Crippen molar-refractivity contribution >= 4 is 11.8 Å². The van der Waals surface area contributed by atoms with Crippen molar-refractivity contribution in [2.24, 2.45) is 11.5 Å². The van der Waals surface area contributed by atoms with Crippen LogP contribution in [0.25, 0.3) is 0 Å². The first-order chi connectivity index (χ1) is 5.83. The maximum atomic E-state index is 10.8. The Morgan fingerprint density at radius 3 is 1.62 bits per heavy atom. The topological polar surface area (TPSA) is 105 Å². The molecule has 0 aromatic rings. The molecule has 0 aromatic carbocycles. The molecule has 4 N–H and O–H groups in total. The monoisotopic (exact) mass is 188 g/mol. The fourth-order valence-electron chi connectivity index (χ4n) is 1.18. The van der Waals surface area contributed by atoms with E-state index >= 15 is 0 Å². The molecule has 1 aliphatic heterocycles. The lowest BCUT2D eigenvalue weighted by atomic mass is 10.2. The summed E-state index contributed by atoms with van der Waals surface area (Å²) in [5.74, 6) is -2.51. The van der Waals surface area contributed by atoms with Crippen molar-refractivity contribution in [3.63, 3.8) is 0 Å². The van der Waals surface area contributed by atoms with E-state index in [1.807, 2.05) is 0 Å². The molecule has 1 aliphatic rings. The van der Waals surface area contributed by atoms with E-state index in [-0.39, 0.29) is 0 Å². The molecule has 6 heteroatoms. The predicted molar refractivity (Wildman–Crippen MR) is 42.2 cm³/mol. The SMILES string of the molecule is CC1(C)O[C@@H](C(N)=O)[C@H](C(N)=O)O1. The summed E-state index contributed by atoms with van der Waals surface area (Å²) in [6.45, 7) is 3.15. The molecular formula is C7H12N2O4. The molecule has 1 fully saturated rings. The van der Waals surface area contributed by atoms with Crippen molar-refractivity contribution in [2.75, 3.05) is 0 Å². The number of amides is 2. The first kappa shape index (κ1) is 9.94. The minimum atomic E-state index is -1.09. The smallest absolute Gasteiger partial charge is 0.249 e. The van der Waals surface area contributed by atoms with Crippen molar-refractivity contribution in [2.45, 2.75) is 31.8 Å². The van der Waals surface area contributed by atoms with E-state index in [4.69, 9.17) is 20.9 Å². The van der Waals surface area contributed by atoms with Gasteiger partial charge in [0.05, 0.1) is 0 Å². The van der Waals surface area contributed by atoms with Crippen LogP contribution >= 0.6 is 0 Å². The van der Waals surface area contributed by atoms with Crippen LogP contribution in [-0.2, 0) is 19.1 Å². The van der Waals surface area contributed by atoms with Crippen molar-refractivity contribution < 1.29 is 19.1 Å². The fourth-order valence-corrected chi connectivity index (χ4v) is 1.18. The first-order valence-electron chi connectivity index (χ1n) is 3.78. The summed E-state index contributed by atoms with van der Waals surface area (Å²) in [4.78, 5) is 21.6. The van der Waals surface area contributed by atoms with Gasteiger partial charge in [0.15, 0.2) is 18.0 Å². The van der Waals surface area contributed by atoms with Gasteiger partial charge < -0.3 is 20.9 Å². The molecule has 0 radical (unpaired) electrons. The third-order valence-corrected chi connectivity index (χ3v) is 1.66. The summed E-state index contributed by atoms with van der Waals surface area (Å²) in [6.07, 6.45) is -2.18. The summed E-state index contributed by atoms with van der Waals surface area (Å²) in [7, 11) is 0. The van der Waals surface area contributed by atoms with Crippen LogP contribution in [0.1, 0.15) is 13.8 Å². The number of hydrogen-bond acceptors (Lipinski definition) is 4. The zero-order valence-corrected chi connectivity index (χ0v) is 7.44. The lowest BCUT2D eigenvalue weighted by Gasteiger charge is -2.15. The second-order valence-corrected chi connectivity index (χ2v) is 3.28. The molecule has 1 heterocycles. The zero-order chi connectivity index (χ0) is 10.2. The molecule has 0 unspecified atom stereocenters. The van der Waals surface area contributed by atoms with Gasteiger partial charge in [0.1, 0.15) is 0 Å². The third-order valence-electron chi connectivity index (χ3n) is 1.66. The molecule has 0 spiro atoms. The van der Waals surface area contributed by atoms with Crippen LogP contribution in [0.4, 0.5) is 0 Å². The van der Waals surface area contributed by atoms with Crippen molar-refractivity contribution in [1.29, 1.82) is 0 Å². The van der Waals surface area contributed by atoms with E-state index in [0.29, 0.717) is 0 Å². The molecule has 1 saturated heterocycles. The predicted octanol–water partition coefficient (Wildman–Crippen LogP) is -1.52. The third kappa shape index (κ3) is 1.96. The van der Waals surface area contributed by atoms with Gasteiger partial charge in [0.2, 0.25) is 11.8 Å². The van der Waals surface area contributed by atoms with Gasteiger partial charge in [-0.25, -0.2) is 0 Å². The van der Waals surface area contributed by atoms with Crippen molar-refractivity contribution in [3.8, 4) is 0 Å². The number of ether oxygens (including phenoxy) is 2. The van der Waals surface area contributed by atoms with Gasteiger partial charge in [-0.2, -0.15) is 0 Å². The Kier molecular flexibility index (Phi) is 2.27. The largest absolute Gasteiger partial charge is 0.367 e. The minimum Gasteiger partial charge on any atom is -0.367 e. The quantitative estimate of drug-likeness (QED) is 0.548. The zero-order valence-electron chi connectivity index (χ0n) is 7.44. The van der Waals surface area contributed by atoms with Gasteiger partial charge in [-0.15, -0.1) is 0 Å². The molecule has 13 heavy (non-hydrogen) atoms. The molecule has 2 atom stereocenters. The maximum absolute atomic E-state index is 10.8. The average Bonchev–Trinajstić information content (AvgIpc) is 2.26. The summed E-state index contributed by atoms with van der Waals surface area (Å²) < 4.78 is 10.2. The highest BCUT2D eigenvalue weighted by Gasteiger charge is 2.47. The summed E-state index contributed by atoms with van der Waals surface area (Å²) >= 11 is 0. The van der Waals surface area contributed by atoms with Crippen LogP contribution in [0.5, 0.6) is 0 Å². The molecule has 2 amide bonds. The Bertz CT molecular complexity index is 227. The van der Waals surface area contributed by atoms with Gasteiger partial charge in [-0.3, -0.25) is 9.59 Å². The van der Waals surface area contributed by atoms with E-state index < -0.39 is 29.8 Å². The van der Waals surface area contributed by atoms with Crippen LogP contribution in [0.3, 0.4) is 0 Å². The van der Waals surface area contributed by atoms with Crippen LogP contribution in [0, 0.1) is 0 Å². The molecule has 0 saturated carbocycles. The summed E-state index contributed by atoms with van der Waals surface area (Å²) in [6, 6.07) is 0. The minimum absolute atomic E-state index is 0.755. The number of rotatable bonds is 2. The fraction of sp³-hybridized carbons (Fsp3) is 0.714. The Morgan fingerprint density at radius 1 is 1.08 bits per heavy atom. The molecule has 0 aliphatic carbocycles. The maximum Gasteiger partial charge on any atom is 0.249 e. The molecule has 6 nitrogen and oxygen atoms in total. The number of hydrogen-bond donors (Lipinski definition) is 2. The van der Waals surface area contributed by atoms with E-state index in [0.717, 1.165) is 0 Å². The van der Waals surface area contributed by atoms with Crippen molar-refractivity contribution in [1.82, 2.24) is 0 Å². The number of nitrogens with two attached hydrogens (primary N) is 2. The Balaban J connectivity index is 2.83. The van der Waals surface area contributed by atoms with Crippen LogP contribution < -0.4 is 11.5 Å². The van der Waals surface area contributed by atoms with Crippen molar-refractivity contribution in [3.05, 3.63) is 0 Å². The highest BCUT2D eigenvalue weighted by Crippen LogP contribution is 2.27. The lowest BCUT2D eigenvalue weighted by molar-refractivity contribution is -0.157. The van der Waals surface area contributed by atoms with E-state index in [1.165, 1.54) is 0 Å². The van der Waals surface area contributed by atoms with Crippen LogP contribution in [0.15, 0.2) is 0 Å². The standard InChI is InChI=1S/C7H12N2O4/c1-7(2)12-3(5(8)10)4(13-7)6(9)11/h3-4H,1-2H3,(H2,8,10)(H2,9,11)/t3-,4-/m1/s1. The Labute approximate surface area is 75.2 Å². The summed E-state index contributed by atoms with van der Waals surface area (Å²) in [5, 5.41) is 0. The Hall–Kier alpha value is -1.14. The highest BCUT2D eigenvalue weighted by molar-refractivity contribution is 5.89. The van der Waals surface area contributed by atoms with Gasteiger partial charge in [-0.1, -0.05) is 0 Å². The highest BCUT2D eigenvalue weighted by atomic mass is 16.8. The van der Waals surface area contributed by atoms with Gasteiger partial charge in [0.25, 0.3) is 0 Å². The lowest BCUT2D eigenvalue weighted by Crippen LogP contribution is -2.44. The molecule has 1 rings (SSSR count). The average molecular weight is 188 g/mol. The number of carbonyl (C=O) groups is 2. The van der Waals surface area contributed by atoms with E-state index in [2.05, 4.69) is 0 Å². The van der Waals surface area contributed by atoms with Crippen LogP contribution in [-0.4, -0.2) is 29.8 Å². The van der Waals surface area contributed by atoms with Gasteiger partial charge in [0, 0.05) is 0 Å². The Morgan fingerprint density at radius 2 is 1.38 bits per heavy atom. The van der Waals surface area contributed by atoms with E-state index in [9.17, 15) is 9.59 Å². The van der Waals surface area contributed by atoms with Crippen LogP contribution in [0.2, 0.25) is 0 Å². The van der Waals surface area contributed by atoms with E-state index in [1.54, 1.807) is 13.8 Å². The molecule has 0 bridgehead atoms. The van der Waals surface area contributed by atoms with Gasteiger partial charge in [-0.05, 0) is 13.8 Å². The second kappa shape index (κ2) is 2.97. The second-order valence-electron chi connectivity index (χ2n) is 3.28. The number of primary amides is 2. The molecule has 74 valence electrons. The number of carbonyl (C=O) groups excluding carboxylic acids is 2. The summed E-state index contributed by atoms with van der Waals surface area (Å²) in [5.41, 5.74) is 9.99. The first-order valence-corrected chi connectivity index (χ1v) is 3.78. The molecule has 0 aromatic heterocycles. The normalized spacial score (nSPS) is 31.5.